The van der Waals surface area contributed by atoms with Crippen LogP contribution in [-0.2, 0) is 22.6 Å². The average Bonchev–Trinajstić information content (AvgIpc) is 3.30. The van der Waals surface area contributed by atoms with Crippen molar-refractivity contribution in [3.8, 4) is 0 Å². The number of anilines is 1. The van der Waals surface area contributed by atoms with E-state index in [1.54, 1.807) is 29.6 Å². The molecule has 0 aliphatic carbocycles. The van der Waals surface area contributed by atoms with Crippen LogP contribution in [0, 0.1) is 5.82 Å². The van der Waals surface area contributed by atoms with Crippen molar-refractivity contribution in [2.24, 2.45) is 0 Å². The Morgan fingerprint density at radius 1 is 1.03 bits per heavy atom. The Hall–Kier alpha value is -4.05. The van der Waals surface area contributed by atoms with E-state index < -0.39 is 35.5 Å². The minimum atomic E-state index is -0.745. The summed E-state index contributed by atoms with van der Waals surface area (Å²) in [5.41, 5.74) is -0.437. The molecule has 0 aliphatic heterocycles. The maximum atomic E-state index is 14.2. The number of ether oxygens (including phenoxy) is 1. The summed E-state index contributed by atoms with van der Waals surface area (Å²) < 4.78 is 21.2. The lowest BCUT2D eigenvalue weighted by Crippen LogP contribution is -2.41. The summed E-state index contributed by atoms with van der Waals surface area (Å²) in [5.74, 6) is -1.75. The summed E-state index contributed by atoms with van der Waals surface area (Å²) in [5, 5.41) is 4.25. The number of halogens is 1. The number of hydrogen-bond acceptors (Lipinski definition) is 6. The minimum absolute atomic E-state index is 0.158. The molecule has 10 heteroatoms. The Morgan fingerprint density at radius 3 is 2.52 bits per heavy atom. The summed E-state index contributed by atoms with van der Waals surface area (Å²) in [6, 6.07) is 13.7. The van der Waals surface area contributed by atoms with Gasteiger partial charge in [0.15, 0.2) is 0 Å². The zero-order chi connectivity index (χ0) is 23.5. The van der Waals surface area contributed by atoms with Gasteiger partial charge in [0.25, 0.3) is 5.56 Å². The first kappa shape index (κ1) is 22.2. The molecule has 8 nitrogen and oxygen atoms in total. The van der Waals surface area contributed by atoms with Gasteiger partial charge in [0.1, 0.15) is 17.1 Å². The first-order valence-corrected chi connectivity index (χ1v) is 10.7. The molecule has 0 atom stereocenters. The van der Waals surface area contributed by atoms with E-state index in [4.69, 9.17) is 4.74 Å². The zero-order valence-electron chi connectivity index (χ0n) is 17.4. The number of nitrogens with one attached hydrogen (secondary N) is 1. The van der Waals surface area contributed by atoms with E-state index in [-0.39, 0.29) is 28.1 Å². The molecule has 1 N–H and O–H groups in total. The number of fused-ring (bicyclic) bond motifs is 1. The third-order valence-corrected chi connectivity index (χ3v) is 5.92. The number of carbonyl (C=O) groups excluding carboxylic acids is 2. The van der Waals surface area contributed by atoms with Gasteiger partial charge in [0.2, 0.25) is 5.91 Å². The molecule has 0 radical (unpaired) electrons. The summed E-state index contributed by atoms with van der Waals surface area (Å²) in [6.45, 7) is -0.690. The van der Waals surface area contributed by atoms with Gasteiger partial charge in [-0.25, -0.2) is 14.0 Å². The average molecular weight is 467 g/mol. The maximum Gasteiger partial charge on any atom is 0.339 e. The molecular weight excluding hydrogens is 449 g/mol. The van der Waals surface area contributed by atoms with Crippen molar-refractivity contribution in [3.63, 3.8) is 0 Å². The standard InChI is InChI=1S/C23H18FN3O5S/c1-32-22(30)15-7-3-5-9-17(15)25-19(28)13-26-18-10-11-33-20(18)21(29)27(23(26)31)12-14-6-2-4-8-16(14)24/h2-11H,12-13H2,1H3,(H,25,28). The molecule has 0 bridgehead atoms. The molecule has 2 heterocycles. The van der Waals surface area contributed by atoms with Gasteiger partial charge in [-0.15, -0.1) is 11.3 Å². The lowest BCUT2D eigenvalue weighted by atomic mass is 10.2. The largest absolute Gasteiger partial charge is 0.465 e. The molecule has 0 aliphatic rings. The van der Waals surface area contributed by atoms with Gasteiger partial charge in [0.05, 0.1) is 30.4 Å². The van der Waals surface area contributed by atoms with Crippen LogP contribution in [0.5, 0.6) is 0 Å². The second-order valence-corrected chi connectivity index (χ2v) is 7.99. The number of carbonyl (C=O) groups is 2. The highest BCUT2D eigenvalue weighted by Gasteiger charge is 2.19. The summed E-state index contributed by atoms with van der Waals surface area (Å²) in [6.07, 6.45) is 0. The summed E-state index contributed by atoms with van der Waals surface area (Å²) in [4.78, 5) is 50.8. The molecule has 0 spiro atoms. The molecular formula is C23H18FN3O5S. The first-order valence-electron chi connectivity index (χ1n) is 9.82. The predicted molar refractivity (Wildman–Crippen MR) is 122 cm³/mol. The normalized spacial score (nSPS) is 10.8. The van der Waals surface area contributed by atoms with Crippen LogP contribution in [0.2, 0.25) is 0 Å². The number of para-hydroxylation sites is 1. The van der Waals surface area contributed by atoms with Crippen LogP contribution < -0.4 is 16.6 Å². The quantitative estimate of drug-likeness (QED) is 0.440. The molecule has 4 aromatic rings. The molecule has 4 rings (SSSR count). The van der Waals surface area contributed by atoms with Crippen molar-refractivity contribution in [2.45, 2.75) is 13.1 Å². The number of esters is 1. The number of aromatic nitrogens is 2. The first-order chi connectivity index (χ1) is 15.9. The van der Waals surface area contributed by atoms with Crippen LogP contribution in [0.25, 0.3) is 10.2 Å². The Morgan fingerprint density at radius 2 is 1.76 bits per heavy atom. The van der Waals surface area contributed by atoms with Gasteiger partial charge >= 0.3 is 11.7 Å². The molecule has 0 fully saturated rings. The number of amides is 1. The fourth-order valence-electron chi connectivity index (χ4n) is 3.44. The Kier molecular flexibility index (Phi) is 6.18. The lowest BCUT2D eigenvalue weighted by Gasteiger charge is -2.14. The van der Waals surface area contributed by atoms with E-state index in [1.165, 1.54) is 37.4 Å². The molecule has 2 aromatic carbocycles. The van der Waals surface area contributed by atoms with Gasteiger partial charge in [-0.3, -0.25) is 18.7 Å². The summed E-state index contributed by atoms with van der Waals surface area (Å²) in [7, 11) is 1.23. The van der Waals surface area contributed by atoms with Crippen LogP contribution in [0.1, 0.15) is 15.9 Å². The van der Waals surface area contributed by atoms with Crippen molar-refractivity contribution in [1.29, 1.82) is 0 Å². The van der Waals surface area contributed by atoms with Crippen LogP contribution in [0.3, 0.4) is 0 Å². The number of thiophene rings is 1. The van der Waals surface area contributed by atoms with Crippen molar-refractivity contribution in [3.05, 3.63) is 97.8 Å². The molecule has 2 aromatic heterocycles. The highest BCUT2D eigenvalue weighted by molar-refractivity contribution is 7.17. The smallest absolute Gasteiger partial charge is 0.339 e. The minimum Gasteiger partial charge on any atom is -0.465 e. The number of rotatable bonds is 6. The topological polar surface area (TPSA) is 99.4 Å². The van der Waals surface area contributed by atoms with E-state index in [2.05, 4.69) is 5.32 Å². The molecule has 0 saturated heterocycles. The van der Waals surface area contributed by atoms with Gasteiger partial charge < -0.3 is 10.1 Å². The van der Waals surface area contributed by atoms with Crippen molar-refractivity contribution < 1.29 is 18.7 Å². The van der Waals surface area contributed by atoms with Crippen molar-refractivity contribution >= 4 is 39.1 Å². The van der Waals surface area contributed by atoms with Gasteiger partial charge in [-0.1, -0.05) is 30.3 Å². The lowest BCUT2D eigenvalue weighted by molar-refractivity contribution is -0.116. The fraction of sp³-hybridized carbons (Fsp3) is 0.130. The van der Waals surface area contributed by atoms with Gasteiger partial charge in [-0.2, -0.15) is 0 Å². The molecule has 33 heavy (non-hydrogen) atoms. The van der Waals surface area contributed by atoms with Crippen LogP contribution in [-0.4, -0.2) is 28.1 Å². The van der Waals surface area contributed by atoms with E-state index in [0.29, 0.717) is 5.52 Å². The van der Waals surface area contributed by atoms with E-state index in [9.17, 15) is 23.6 Å². The number of benzene rings is 2. The van der Waals surface area contributed by atoms with E-state index >= 15 is 0 Å². The highest BCUT2D eigenvalue weighted by Crippen LogP contribution is 2.18. The monoisotopic (exact) mass is 467 g/mol. The molecule has 0 unspecified atom stereocenters. The van der Waals surface area contributed by atoms with Crippen LogP contribution in [0.4, 0.5) is 10.1 Å². The Labute approximate surface area is 190 Å². The van der Waals surface area contributed by atoms with Crippen LogP contribution >= 0.6 is 11.3 Å². The Bertz CT molecular complexity index is 1490. The van der Waals surface area contributed by atoms with Crippen molar-refractivity contribution in [2.75, 3.05) is 12.4 Å². The SMILES string of the molecule is COC(=O)c1ccccc1NC(=O)Cn1c(=O)n(Cc2ccccc2F)c(=O)c2sccc21. The zero-order valence-corrected chi connectivity index (χ0v) is 18.2. The fourth-order valence-corrected chi connectivity index (χ4v) is 4.28. The second kappa shape index (κ2) is 9.21. The highest BCUT2D eigenvalue weighted by atomic mass is 32.1. The van der Waals surface area contributed by atoms with Crippen LogP contribution in [0.15, 0.2) is 69.6 Å². The Balaban J connectivity index is 1.72. The van der Waals surface area contributed by atoms with Gasteiger partial charge in [-0.05, 0) is 29.6 Å². The van der Waals surface area contributed by atoms with E-state index in [0.717, 1.165) is 20.5 Å². The predicted octanol–water partition coefficient (Wildman–Crippen LogP) is 2.84. The number of nitrogens with zero attached hydrogens (tertiary/aromatic N) is 2. The van der Waals surface area contributed by atoms with Gasteiger partial charge in [0, 0.05) is 5.56 Å². The third kappa shape index (κ3) is 4.33. The third-order valence-electron chi connectivity index (χ3n) is 5.03. The maximum absolute atomic E-state index is 14.2. The molecule has 168 valence electrons. The molecule has 1 amide bonds. The number of hydrogen-bond donors (Lipinski definition) is 1. The summed E-state index contributed by atoms with van der Waals surface area (Å²) >= 11 is 1.13. The number of methoxy groups -OCH3 is 1. The van der Waals surface area contributed by atoms with Crippen molar-refractivity contribution in [1.82, 2.24) is 9.13 Å². The molecule has 0 saturated carbocycles. The second-order valence-electron chi connectivity index (χ2n) is 7.07. The van der Waals surface area contributed by atoms with E-state index in [1.807, 2.05) is 0 Å².